The zero-order valence-electron chi connectivity index (χ0n) is 6.17. The van der Waals surface area contributed by atoms with E-state index in [-0.39, 0.29) is 22.3 Å². The number of hydrogen-bond donors (Lipinski definition) is 0. The molecule has 0 atom stereocenters. The number of rotatable bonds is 2. The van der Waals surface area contributed by atoms with E-state index in [2.05, 4.69) is 4.74 Å². The summed E-state index contributed by atoms with van der Waals surface area (Å²) in [5, 5.41) is 0. The van der Waals surface area contributed by atoms with E-state index in [0.29, 0.717) is 0 Å². The van der Waals surface area contributed by atoms with Gasteiger partial charge in [0.05, 0.1) is 6.07 Å². The molecule has 0 saturated heterocycles. The van der Waals surface area contributed by atoms with Crippen molar-refractivity contribution in [1.29, 1.82) is 0 Å². The Morgan fingerprint density at radius 1 is 1.31 bits per heavy atom. The molecule has 0 aliphatic rings. The van der Waals surface area contributed by atoms with Crippen molar-refractivity contribution in [3.8, 4) is 5.75 Å². The monoisotopic (exact) mass is 209 g/mol. The molecule has 2 nitrogen and oxygen atoms in total. The lowest BCUT2D eigenvalue weighted by Gasteiger charge is -2.06. The van der Waals surface area contributed by atoms with Crippen molar-refractivity contribution in [3.05, 3.63) is 24.3 Å². The molecular formula is C7H4F3O2S+. The van der Waals surface area contributed by atoms with E-state index in [9.17, 15) is 17.4 Å². The van der Waals surface area contributed by atoms with Gasteiger partial charge in [-0.15, -0.1) is 13.2 Å². The van der Waals surface area contributed by atoms with Gasteiger partial charge >= 0.3 is 18.0 Å². The first kappa shape index (κ1) is 9.91. The maximum atomic E-state index is 11.7. The molecule has 0 amide bonds. The predicted molar refractivity (Wildman–Crippen MR) is 39.4 cm³/mol. The maximum absolute atomic E-state index is 11.7. The molecule has 70 valence electrons. The largest absolute Gasteiger partial charge is 0.573 e. The molecule has 0 aromatic heterocycles. The Kier molecular flexibility index (Phi) is 2.82. The zero-order valence-corrected chi connectivity index (χ0v) is 6.98. The van der Waals surface area contributed by atoms with Gasteiger partial charge < -0.3 is 4.74 Å². The van der Waals surface area contributed by atoms with Crippen molar-refractivity contribution in [2.45, 2.75) is 11.3 Å². The molecule has 1 aromatic rings. The van der Waals surface area contributed by atoms with E-state index in [1.807, 2.05) is 0 Å². The van der Waals surface area contributed by atoms with Crippen LogP contribution in [0.2, 0.25) is 0 Å². The Labute approximate surface area is 75.8 Å². The zero-order chi connectivity index (χ0) is 9.90. The SMILES string of the molecule is O=[S+]c1cccc(OC(F)(F)F)c1. The van der Waals surface area contributed by atoms with E-state index in [1.165, 1.54) is 12.1 Å². The Morgan fingerprint density at radius 2 is 2.00 bits per heavy atom. The highest BCUT2D eigenvalue weighted by Crippen LogP contribution is 2.23. The molecule has 1 aromatic carbocycles. The van der Waals surface area contributed by atoms with Gasteiger partial charge in [-0.05, 0) is 6.07 Å². The first-order valence-corrected chi connectivity index (χ1v) is 3.91. The van der Waals surface area contributed by atoms with Gasteiger partial charge in [-0.2, -0.15) is 0 Å². The summed E-state index contributed by atoms with van der Waals surface area (Å²) in [7, 11) is 0. The van der Waals surface area contributed by atoms with Gasteiger partial charge in [-0.25, -0.2) is 0 Å². The maximum Gasteiger partial charge on any atom is 0.573 e. The third-order valence-electron chi connectivity index (χ3n) is 1.14. The van der Waals surface area contributed by atoms with Crippen LogP contribution in [0.15, 0.2) is 29.2 Å². The molecule has 0 aliphatic heterocycles. The van der Waals surface area contributed by atoms with Crippen LogP contribution < -0.4 is 4.74 Å². The summed E-state index contributed by atoms with van der Waals surface area (Å²) in [6.07, 6.45) is -4.72. The Hall–Kier alpha value is -1.17. The summed E-state index contributed by atoms with van der Waals surface area (Å²) in [4.78, 5) is 0.182. The van der Waals surface area contributed by atoms with Crippen molar-refractivity contribution in [2.75, 3.05) is 0 Å². The summed E-state index contributed by atoms with van der Waals surface area (Å²) in [6.45, 7) is 0. The summed E-state index contributed by atoms with van der Waals surface area (Å²) in [5.74, 6) is -0.381. The van der Waals surface area contributed by atoms with E-state index in [0.717, 1.165) is 12.1 Å². The van der Waals surface area contributed by atoms with Gasteiger partial charge in [-0.1, -0.05) is 6.07 Å². The fourth-order valence-electron chi connectivity index (χ4n) is 0.723. The summed E-state index contributed by atoms with van der Waals surface area (Å²) >= 11 is 0.112. The lowest BCUT2D eigenvalue weighted by Crippen LogP contribution is -2.17. The molecule has 0 radical (unpaired) electrons. The summed E-state index contributed by atoms with van der Waals surface area (Å²) in [5.41, 5.74) is 0. The Morgan fingerprint density at radius 3 is 2.54 bits per heavy atom. The molecule has 13 heavy (non-hydrogen) atoms. The predicted octanol–water partition coefficient (Wildman–Crippen LogP) is 2.37. The van der Waals surface area contributed by atoms with Gasteiger partial charge in [0, 0.05) is 10.3 Å². The summed E-state index contributed by atoms with van der Waals surface area (Å²) in [6, 6.07) is 4.89. The fraction of sp³-hybridized carbons (Fsp3) is 0.143. The number of halogens is 3. The van der Waals surface area contributed by atoms with Crippen LogP contribution in [0.1, 0.15) is 0 Å². The highest BCUT2D eigenvalue weighted by atomic mass is 32.1. The number of alkyl halides is 3. The van der Waals surface area contributed by atoms with Gasteiger partial charge in [0.25, 0.3) is 4.90 Å². The minimum atomic E-state index is -4.72. The van der Waals surface area contributed by atoms with E-state index >= 15 is 0 Å². The van der Waals surface area contributed by atoms with E-state index < -0.39 is 6.36 Å². The minimum absolute atomic E-state index is 0.112. The van der Waals surface area contributed by atoms with Crippen LogP contribution in [0.25, 0.3) is 0 Å². The van der Waals surface area contributed by atoms with Crippen LogP contribution in [-0.2, 0) is 15.9 Å². The van der Waals surface area contributed by atoms with Crippen LogP contribution >= 0.6 is 0 Å². The summed E-state index contributed by atoms with van der Waals surface area (Å²) < 4.78 is 48.8. The van der Waals surface area contributed by atoms with Crippen LogP contribution in [0.5, 0.6) is 5.75 Å². The van der Waals surface area contributed by atoms with Crippen molar-refractivity contribution in [2.24, 2.45) is 0 Å². The van der Waals surface area contributed by atoms with Gasteiger partial charge in [0.1, 0.15) is 5.75 Å². The highest BCUT2D eigenvalue weighted by molar-refractivity contribution is 7.65. The number of hydrogen-bond acceptors (Lipinski definition) is 2. The van der Waals surface area contributed by atoms with Crippen LogP contribution in [0, 0.1) is 0 Å². The molecule has 0 N–H and O–H groups in total. The first-order chi connectivity index (χ1) is 6.01. The third-order valence-corrected chi connectivity index (χ3v) is 1.58. The van der Waals surface area contributed by atoms with Gasteiger partial charge in [0.15, 0.2) is 0 Å². The topological polar surface area (TPSA) is 26.3 Å². The van der Waals surface area contributed by atoms with Crippen LogP contribution in [0.4, 0.5) is 13.2 Å². The van der Waals surface area contributed by atoms with E-state index in [1.54, 1.807) is 0 Å². The van der Waals surface area contributed by atoms with Crippen LogP contribution in [-0.4, -0.2) is 6.36 Å². The second-order valence-electron chi connectivity index (χ2n) is 2.11. The lowest BCUT2D eigenvalue weighted by atomic mass is 10.3. The Bertz CT molecular complexity index is 311. The first-order valence-electron chi connectivity index (χ1n) is 3.17. The van der Waals surface area contributed by atoms with Crippen molar-refractivity contribution in [3.63, 3.8) is 0 Å². The average molecular weight is 209 g/mol. The van der Waals surface area contributed by atoms with E-state index in [4.69, 9.17) is 0 Å². The minimum Gasteiger partial charge on any atom is -0.406 e. The normalized spacial score (nSPS) is 11.0. The molecule has 1 rings (SSSR count). The Balaban J connectivity index is 2.84. The van der Waals surface area contributed by atoms with Gasteiger partial charge in [0.2, 0.25) is 0 Å². The molecule has 0 bridgehead atoms. The second-order valence-corrected chi connectivity index (χ2v) is 2.74. The fourth-order valence-corrected chi connectivity index (χ4v) is 1.02. The molecule has 6 heteroatoms. The van der Waals surface area contributed by atoms with Gasteiger partial charge in [-0.3, -0.25) is 0 Å². The molecule has 0 fully saturated rings. The smallest absolute Gasteiger partial charge is 0.406 e. The van der Waals surface area contributed by atoms with Crippen molar-refractivity contribution < 1.29 is 22.1 Å². The molecule has 0 saturated carbocycles. The van der Waals surface area contributed by atoms with Crippen molar-refractivity contribution >= 4 is 11.7 Å². The second kappa shape index (κ2) is 3.69. The molecular weight excluding hydrogens is 205 g/mol. The molecule has 0 spiro atoms. The highest BCUT2D eigenvalue weighted by Gasteiger charge is 2.31. The van der Waals surface area contributed by atoms with Crippen LogP contribution in [0.3, 0.4) is 0 Å². The average Bonchev–Trinajstić information content (AvgIpc) is 2.01. The third kappa shape index (κ3) is 3.37. The number of benzene rings is 1. The lowest BCUT2D eigenvalue weighted by molar-refractivity contribution is -0.274. The standard InChI is InChI=1S/C7H4F3O2S/c8-7(9,10)12-5-2-1-3-6(4-5)13-11/h1-4H/q+1. The molecule has 0 unspecified atom stereocenters. The molecule has 0 aliphatic carbocycles. The van der Waals surface area contributed by atoms with Crippen molar-refractivity contribution in [1.82, 2.24) is 0 Å². The molecule has 0 heterocycles. The quantitative estimate of drug-likeness (QED) is 0.699. The number of ether oxygens (including phenoxy) is 1.